The normalized spacial score (nSPS) is 13.9. The van der Waals surface area contributed by atoms with Gasteiger partial charge in [-0.2, -0.15) is 0 Å². The molecule has 0 radical (unpaired) electrons. The topological polar surface area (TPSA) is 49.3 Å². The Morgan fingerprint density at radius 3 is 2.61 bits per heavy atom. The summed E-state index contributed by atoms with van der Waals surface area (Å²) in [7, 11) is 0. The zero-order valence-corrected chi connectivity index (χ0v) is 11.8. The van der Waals surface area contributed by atoms with Crippen LogP contribution in [-0.4, -0.2) is 28.9 Å². The molecule has 0 aromatic heterocycles. The Hall–Kier alpha value is -1.00. The van der Waals surface area contributed by atoms with Crippen molar-refractivity contribution in [2.45, 2.75) is 31.6 Å². The number of amides is 1. The van der Waals surface area contributed by atoms with Gasteiger partial charge in [0.15, 0.2) is 0 Å². The molecule has 0 aliphatic rings. The Kier molecular flexibility index (Phi) is 6.22. The van der Waals surface area contributed by atoms with Gasteiger partial charge in [0.25, 0.3) is 0 Å². The van der Waals surface area contributed by atoms with Crippen LogP contribution in [-0.2, 0) is 10.5 Å². The van der Waals surface area contributed by atoms with E-state index in [0.29, 0.717) is 5.75 Å². The first-order valence-corrected chi connectivity index (χ1v) is 7.28. The summed E-state index contributed by atoms with van der Waals surface area (Å²) in [4.78, 5) is 11.7. The van der Waals surface area contributed by atoms with Crippen LogP contribution >= 0.6 is 11.8 Å². The minimum atomic E-state index is -0.496. The molecular weight excluding hydrogens is 246 g/mol. The van der Waals surface area contributed by atoms with Crippen LogP contribution in [0.25, 0.3) is 0 Å². The molecule has 100 valence electrons. The molecule has 1 amide bonds. The molecule has 3 nitrogen and oxygen atoms in total. The highest BCUT2D eigenvalue weighted by molar-refractivity contribution is 7.99. The SMILES string of the molecule is CCC(C)(CO)NC(=O)CSCc1ccccc1. The number of benzene rings is 1. The van der Waals surface area contributed by atoms with E-state index in [1.807, 2.05) is 32.0 Å². The summed E-state index contributed by atoms with van der Waals surface area (Å²) in [5, 5.41) is 12.1. The van der Waals surface area contributed by atoms with Crippen LogP contribution < -0.4 is 5.32 Å². The zero-order chi connectivity index (χ0) is 13.4. The highest BCUT2D eigenvalue weighted by Gasteiger charge is 2.22. The van der Waals surface area contributed by atoms with Gasteiger partial charge in [-0.3, -0.25) is 4.79 Å². The molecule has 0 aliphatic carbocycles. The molecule has 0 aliphatic heterocycles. The summed E-state index contributed by atoms with van der Waals surface area (Å²) in [6.45, 7) is 3.78. The number of carbonyl (C=O) groups is 1. The average Bonchev–Trinajstić information content (AvgIpc) is 2.40. The van der Waals surface area contributed by atoms with Crippen LogP contribution in [0, 0.1) is 0 Å². The first-order valence-electron chi connectivity index (χ1n) is 6.13. The van der Waals surface area contributed by atoms with Crippen LogP contribution in [0.1, 0.15) is 25.8 Å². The summed E-state index contributed by atoms with van der Waals surface area (Å²) in [5.74, 6) is 1.23. The van der Waals surface area contributed by atoms with E-state index >= 15 is 0 Å². The van der Waals surface area contributed by atoms with Gasteiger partial charge in [0.2, 0.25) is 5.91 Å². The number of hydrogen-bond acceptors (Lipinski definition) is 3. The Morgan fingerprint density at radius 1 is 1.39 bits per heavy atom. The highest BCUT2D eigenvalue weighted by atomic mass is 32.2. The number of aliphatic hydroxyl groups excluding tert-OH is 1. The van der Waals surface area contributed by atoms with E-state index in [1.165, 1.54) is 5.56 Å². The van der Waals surface area contributed by atoms with Crippen LogP contribution in [0.5, 0.6) is 0 Å². The maximum absolute atomic E-state index is 11.7. The quantitative estimate of drug-likeness (QED) is 0.796. The van der Waals surface area contributed by atoms with Gasteiger partial charge < -0.3 is 10.4 Å². The molecule has 18 heavy (non-hydrogen) atoms. The predicted octanol–water partition coefficient (Wildman–Crippen LogP) is 2.20. The number of thioether (sulfide) groups is 1. The third-order valence-electron chi connectivity index (χ3n) is 2.92. The third kappa shape index (κ3) is 5.10. The summed E-state index contributed by atoms with van der Waals surface area (Å²) in [6, 6.07) is 10.1. The molecular formula is C14H21NO2S. The Labute approximate surface area is 113 Å². The molecule has 1 aromatic rings. The smallest absolute Gasteiger partial charge is 0.230 e. The molecule has 4 heteroatoms. The van der Waals surface area contributed by atoms with Gasteiger partial charge in [0, 0.05) is 5.75 Å². The Bertz CT molecular complexity index is 363. The molecule has 0 bridgehead atoms. The second kappa shape index (κ2) is 7.44. The van der Waals surface area contributed by atoms with Crippen LogP contribution in [0.3, 0.4) is 0 Å². The minimum Gasteiger partial charge on any atom is -0.394 e. The lowest BCUT2D eigenvalue weighted by molar-refractivity contribution is -0.120. The number of aliphatic hydroxyl groups is 1. The molecule has 2 N–H and O–H groups in total. The minimum absolute atomic E-state index is 0.0191. The lowest BCUT2D eigenvalue weighted by Crippen LogP contribution is -2.49. The fraction of sp³-hybridized carbons (Fsp3) is 0.500. The van der Waals surface area contributed by atoms with Gasteiger partial charge >= 0.3 is 0 Å². The summed E-state index contributed by atoms with van der Waals surface area (Å²) in [5.41, 5.74) is 0.723. The molecule has 1 aromatic carbocycles. The number of rotatable bonds is 7. The van der Waals surface area contributed by atoms with Crippen molar-refractivity contribution in [2.24, 2.45) is 0 Å². The van der Waals surface area contributed by atoms with Gasteiger partial charge in [0.1, 0.15) is 0 Å². The fourth-order valence-corrected chi connectivity index (χ4v) is 2.24. The van der Waals surface area contributed by atoms with Gasteiger partial charge in [-0.05, 0) is 18.9 Å². The first kappa shape index (κ1) is 15.1. The van der Waals surface area contributed by atoms with Crippen molar-refractivity contribution < 1.29 is 9.90 Å². The second-order valence-corrected chi connectivity index (χ2v) is 5.58. The van der Waals surface area contributed by atoms with E-state index in [1.54, 1.807) is 11.8 Å². The lowest BCUT2D eigenvalue weighted by atomic mass is 10.0. The van der Waals surface area contributed by atoms with E-state index < -0.39 is 5.54 Å². The van der Waals surface area contributed by atoms with Gasteiger partial charge in [-0.1, -0.05) is 37.3 Å². The van der Waals surface area contributed by atoms with Crippen molar-refractivity contribution in [1.82, 2.24) is 5.32 Å². The second-order valence-electron chi connectivity index (χ2n) is 4.60. The maximum Gasteiger partial charge on any atom is 0.230 e. The molecule has 0 fully saturated rings. The van der Waals surface area contributed by atoms with Gasteiger partial charge in [0.05, 0.1) is 17.9 Å². The lowest BCUT2D eigenvalue weighted by Gasteiger charge is -2.27. The molecule has 0 saturated carbocycles. The largest absolute Gasteiger partial charge is 0.394 e. The number of hydrogen-bond donors (Lipinski definition) is 2. The molecule has 0 saturated heterocycles. The Morgan fingerprint density at radius 2 is 2.06 bits per heavy atom. The molecule has 0 spiro atoms. The van der Waals surface area contributed by atoms with Crippen molar-refractivity contribution in [2.75, 3.05) is 12.4 Å². The fourth-order valence-electron chi connectivity index (χ4n) is 1.45. The van der Waals surface area contributed by atoms with E-state index in [4.69, 9.17) is 0 Å². The van der Waals surface area contributed by atoms with Crippen molar-refractivity contribution in [1.29, 1.82) is 0 Å². The Balaban J connectivity index is 2.30. The van der Waals surface area contributed by atoms with Crippen LogP contribution in [0.15, 0.2) is 30.3 Å². The molecule has 1 atom stereocenters. The van der Waals surface area contributed by atoms with E-state index in [-0.39, 0.29) is 12.5 Å². The highest BCUT2D eigenvalue weighted by Crippen LogP contribution is 2.13. The van der Waals surface area contributed by atoms with E-state index in [2.05, 4.69) is 17.4 Å². The molecule has 1 rings (SSSR count). The van der Waals surface area contributed by atoms with Crippen LogP contribution in [0.2, 0.25) is 0 Å². The monoisotopic (exact) mass is 267 g/mol. The predicted molar refractivity (Wildman–Crippen MR) is 76.5 cm³/mol. The van der Waals surface area contributed by atoms with Crippen molar-refractivity contribution in [3.63, 3.8) is 0 Å². The number of carbonyl (C=O) groups excluding carboxylic acids is 1. The standard InChI is InChI=1S/C14H21NO2S/c1-3-14(2,11-16)15-13(17)10-18-9-12-7-5-4-6-8-12/h4-8,16H,3,9-11H2,1-2H3,(H,15,17). The van der Waals surface area contributed by atoms with Crippen molar-refractivity contribution >= 4 is 17.7 Å². The third-order valence-corrected chi connectivity index (χ3v) is 3.92. The summed E-state index contributed by atoms with van der Waals surface area (Å²) >= 11 is 1.58. The van der Waals surface area contributed by atoms with Crippen LogP contribution in [0.4, 0.5) is 0 Å². The van der Waals surface area contributed by atoms with Gasteiger partial charge in [-0.25, -0.2) is 0 Å². The first-order chi connectivity index (χ1) is 8.59. The number of nitrogens with one attached hydrogen (secondary N) is 1. The van der Waals surface area contributed by atoms with E-state index in [0.717, 1.165) is 12.2 Å². The molecule has 0 heterocycles. The maximum atomic E-state index is 11.7. The average molecular weight is 267 g/mol. The molecule has 1 unspecified atom stereocenters. The van der Waals surface area contributed by atoms with E-state index in [9.17, 15) is 9.90 Å². The van der Waals surface area contributed by atoms with Gasteiger partial charge in [-0.15, -0.1) is 11.8 Å². The summed E-state index contributed by atoms with van der Waals surface area (Å²) < 4.78 is 0. The van der Waals surface area contributed by atoms with Crippen molar-refractivity contribution in [3.05, 3.63) is 35.9 Å². The zero-order valence-electron chi connectivity index (χ0n) is 11.0. The van der Waals surface area contributed by atoms with Crippen molar-refractivity contribution in [3.8, 4) is 0 Å². The summed E-state index contributed by atoms with van der Waals surface area (Å²) in [6.07, 6.45) is 0.721.